The van der Waals surface area contributed by atoms with Crippen LogP contribution in [0, 0.1) is 5.92 Å². The second-order valence-corrected chi connectivity index (χ2v) is 6.90. The maximum atomic E-state index is 13.3. The molecule has 8 nitrogen and oxygen atoms in total. The number of anilines is 2. The van der Waals surface area contributed by atoms with E-state index in [-0.39, 0.29) is 18.0 Å². The van der Waals surface area contributed by atoms with Gasteiger partial charge in [-0.2, -0.15) is 10.1 Å². The molecule has 1 aromatic heterocycles. The second-order valence-electron chi connectivity index (χ2n) is 6.90. The van der Waals surface area contributed by atoms with E-state index in [2.05, 4.69) is 20.7 Å². The molecule has 2 aromatic carbocycles. The first-order chi connectivity index (χ1) is 14.1. The fraction of sp³-hybridized carbons (Fsp3) is 0.286. The number of hydrogen-bond acceptors (Lipinski definition) is 6. The Balaban J connectivity index is 1.76. The summed E-state index contributed by atoms with van der Waals surface area (Å²) < 4.78 is 12.6. The summed E-state index contributed by atoms with van der Waals surface area (Å²) in [6.45, 7) is 1.97. The van der Waals surface area contributed by atoms with Gasteiger partial charge in [0, 0.05) is 11.7 Å². The molecule has 0 unspecified atom stereocenters. The second kappa shape index (κ2) is 7.83. The Morgan fingerprint density at radius 2 is 1.86 bits per heavy atom. The molecule has 0 saturated carbocycles. The summed E-state index contributed by atoms with van der Waals surface area (Å²) in [6, 6.07) is 14.6. The zero-order chi connectivity index (χ0) is 20.4. The average Bonchev–Trinajstić information content (AvgIpc) is 3.20. The number of nitrogens with one attached hydrogen (secondary N) is 2. The Kier molecular flexibility index (Phi) is 5.07. The monoisotopic (exact) mass is 393 g/mol. The molecule has 1 aliphatic rings. The third kappa shape index (κ3) is 3.49. The van der Waals surface area contributed by atoms with Gasteiger partial charge in [-0.1, -0.05) is 24.3 Å². The third-order valence-electron chi connectivity index (χ3n) is 5.17. The van der Waals surface area contributed by atoms with Gasteiger partial charge in [0.2, 0.25) is 11.9 Å². The molecule has 0 aliphatic carbocycles. The van der Waals surface area contributed by atoms with Crippen LogP contribution in [0.25, 0.3) is 0 Å². The lowest BCUT2D eigenvalue weighted by Crippen LogP contribution is -2.46. The van der Waals surface area contributed by atoms with Crippen molar-refractivity contribution in [3.63, 3.8) is 0 Å². The maximum Gasteiger partial charge on any atom is 0.232 e. The van der Waals surface area contributed by atoms with Crippen LogP contribution in [-0.2, 0) is 4.79 Å². The quantitative estimate of drug-likeness (QED) is 0.693. The Labute approximate surface area is 168 Å². The van der Waals surface area contributed by atoms with Crippen LogP contribution < -0.4 is 20.1 Å². The van der Waals surface area contributed by atoms with Gasteiger partial charge in [0.25, 0.3) is 0 Å². The van der Waals surface area contributed by atoms with Crippen molar-refractivity contribution in [2.45, 2.75) is 19.0 Å². The van der Waals surface area contributed by atoms with Gasteiger partial charge in [0.15, 0.2) is 11.5 Å². The van der Waals surface area contributed by atoms with E-state index in [0.29, 0.717) is 17.4 Å². The van der Waals surface area contributed by atoms with Crippen molar-refractivity contribution >= 4 is 17.5 Å². The predicted octanol–water partition coefficient (Wildman–Crippen LogP) is 2.95. The van der Waals surface area contributed by atoms with Gasteiger partial charge in [0.1, 0.15) is 6.33 Å². The van der Waals surface area contributed by atoms with Crippen molar-refractivity contribution in [1.82, 2.24) is 14.8 Å². The summed E-state index contributed by atoms with van der Waals surface area (Å²) in [5, 5.41) is 10.7. The third-order valence-corrected chi connectivity index (χ3v) is 5.17. The van der Waals surface area contributed by atoms with E-state index in [4.69, 9.17) is 9.47 Å². The van der Waals surface area contributed by atoms with Crippen LogP contribution in [0.5, 0.6) is 11.5 Å². The van der Waals surface area contributed by atoms with Crippen molar-refractivity contribution in [2.24, 2.45) is 5.92 Å². The highest BCUT2D eigenvalue weighted by Gasteiger charge is 2.41. The zero-order valence-electron chi connectivity index (χ0n) is 16.5. The van der Waals surface area contributed by atoms with E-state index >= 15 is 0 Å². The Hall–Kier alpha value is -3.55. The summed E-state index contributed by atoms with van der Waals surface area (Å²) in [7, 11) is 3.18. The van der Waals surface area contributed by atoms with Crippen molar-refractivity contribution in [3.8, 4) is 11.5 Å². The van der Waals surface area contributed by atoms with Crippen LogP contribution in [0.1, 0.15) is 18.5 Å². The molecule has 1 aliphatic heterocycles. The summed E-state index contributed by atoms with van der Waals surface area (Å²) in [6.07, 6.45) is 1.49. The largest absolute Gasteiger partial charge is 0.493 e. The summed E-state index contributed by atoms with van der Waals surface area (Å²) in [5.74, 6) is 1.32. The fourth-order valence-electron chi connectivity index (χ4n) is 3.78. The number of methoxy groups -OCH3 is 2. The van der Waals surface area contributed by atoms with Gasteiger partial charge in [-0.05, 0) is 36.8 Å². The van der Waals surface area contributed by atoms with E-state index < -0.39 is 5.92 Å². The standard InChI is InChI=1S/C21H23N5O3/c1-13-18(20(27)25-15-7-5-4-6-8-15)19(26-21(24-13)22-12-23-26)14-9-10-16(28-2)17(11-14)29-3/h4-13,18-19H,1-3H3,(H,25,27)(H,22,23,24)/t13-,18-,19+/m1/s1. The molecule has 0 fully saturated rings. The van der Waals surface area contributed by atoms with Crippen molar-refractivity contribution in [2.75, 3.05) is 24.9 Å². The number of aromatic nitrogens is 3. The number of amides is 1. The van der Waals surface area contributed by atoms with Crippen molar-refractivity contribution < 1.29 is 14.3 Å². The minimum Gasteiger partial charge on any atom is -0.493 e. The highest BCUT2D eigenvalue weighted by Crippen LogP contribution is 2.39. The minimum atomic E-state index is -0.428. The minimum absolute atomic E-state index is 0.0999. The summed E-state index contributed by atoms with van der Waals surface area (Å²) >= 11 is 0. The molecule has 0 saturated heterocycles. The number of hydrogen-bond donors (Lipinski definition) is 2. The van der Waals surface area contributed by atoms with Crippen LogP contribution in [0.3, 0.4) is 0 Å². The van der Waals surface area contributed by atoms with E-state index in [1.54, 1.807) is 18.9 Å². The number of ether oxygens (including phenoxy) is 2. The van der Waals surface area contributed by atoms with Gasteiger partial charge in [-0.25, -0.2) is 4.68 Å². The normalized spacial score (nSPS) is 20.3. The molecule has 150 valence electrons. The molecule has 8 heteroatoms. The average molecular weight is 393 g/mol. The molecule has 1 amide bonds. The van der Waals surface area contributed by atoms with Gasteiger partial charge in [0.05, 0.1) is 26.2 Å². The van der Waals surface area contributed by atoms with Crippen molar-refractivity contribution in [3.05, 3.63) is 60.4 Å². The SMILES string of the molecule is COc1ccc([C@H]2[C@H](C(=O)Nc3ccccc3)[C@@H](C)Nc3ncnn32)cc1OC. The zero-order valence-corrected chi connectivity index (χ0v) is 16.5. The number of carbonyl (C=O) groups is 1. The lowest BCUT2D eigenvalue weighted by molar-refractivity contribution is -0.121. The molecule has 0 spiro atoms. The molecule has 4 rings (SSSR count). The van der Waals surface area contributed by atoms with Gasteiger partial charge in [-0.3, -0.25) is 4.79 Å². The van der Waals surface area contributed by atoms with Crippen LogP contribution in [0.15, 0.2) is 54.9 Å². The summed E-state index contributed by atoms with van der Waals surface area (Å²) in [5.41, 5.74) is 1.64. The first-order valence-corrected chi connectivity index (χ1v) is 9.36. The first kappa shape index (κ1) is 18.8. The number of para-hydroxylation sites is 1. The topological polar surface area (TPSA) is 90.3 Å². The Morgan fingerprint density at radius 3 is 2.59 bits per heavy atom. The molecular weight excluding hydrogens is 370 g/mol. The molecule has 3 aromatic rings. The fourth-order valence-corrected chi connectivity index (χ4v) is 3.78. The molecule has 2 N–H and O–H groups in total. The number of rotatable bonds is 5. The van der Waals surface area contributed by atoms with Crippen LogP contribution in [-0.4, -0.2) is 40.9 Å². The highest BCUT2D eigenvalue weighted by molar-refractivity contribution is 5.94. The van der Waals surface area contributed by atoms with E-state index in [1.165, 1.54) is 6.33 Å². The van der Waals surface area contributed by atoms with Crippen LogP contribution in [0.4, 0.5) is 11.6 Å². The Bertz CT molecular complexity index is 1000. The van der Waals surface area contributed by atoms with E-state index in [1.807, 2.05) is 55.5 Å². The molecule has 2 heterocycles. The van der Waals surface area contributed by atoms with E-state index in [9.17, 15) is 4.79 Å². The number of carbonyl (C=O) groups excluding carboxylic acids is 1. The highest BCUT2D eigenvalue weighted by atomic mass is 16.5. The van der Waals surface area contributed by atoms with Gasteiger partial charge < -0.3 is 20.1 Å². The van der Waals surface area contributed by atoms with E-state index in [0.717, 1.165) is 11.3 Å². The summed E-state index contributed by atoms with van der Waals surface area (Å²) in [4.78, 5) is 17.6. The molecule has 29 heavy (non-hydrogen) atoms. The smallest absolute Gasteiger partial charge is 0.232 e. The number of fused-ring (bicyclic) bond motifs is 1. The lowest BCUT2D eigenvalue weighted by atomic mass is 9.85. The van der Waals surface area contributed by atoms with Gasteiger partial charge in [-0.15, -0.1) is 0 Å². The number of nitrogens with zero attached hydrogens (tertiary/aromatic N) is 3. The number of benzene rings is 2. The van der Waals surface area contributed by atoms with Crippen LogP contribution in [0.2, 0.25) is 0 Å². The molecule has 0 radical (unpaired) electrons. The van der Waals surface area contributed by atoms with Gasteiger partial charge >= 0.3 is 0 Å². The maximum absolute atomic E-state index is 13.3. The first-order valence-electron chi connectivity index (χ1n) is 9.36. The molecule has 3 atom stereocenters. The predicted molar refractivity (Wildman–Crippen MR) is 109 cm³/mol. The Morgan fingerprint density at radius 1 is 1.10 bits per heavy atom. The molecular formula is C21H23N5O3. The van der Waals surface area contributed by atoms with Crippen LogP contribution >= 0.6 is 0 Å². The molecule has 0 bridgehead atoms. The lowest BCUT2D eigenvalue weighted by Gasteiger charge is -2.37. The van der Waals surface area contributed by atoms with Crippen molar-refractivity contribution in [1.29, 1.82) is 0 Å².